The van der Waals surface area contributed by atoms with E-state index in [-0.39, 0.29) is 5.91 Å². The second-order valence-corrected chi connectivity index (χ2v) is 7.47. The van der Waals surface area contributed by atoms with Crippen molar-refractivity contribution in [1.82, 2.24) is 0 Å². The summed E-state index contributed by atoms with van der Waals surface area (Å²) in [6, 6.07) is 15.9. The van der Waals surface area contributed by atoms with Crippen LogP contribution in [0, 0.1) is 11.3 Å². The third kappa shape index (κ3) is 2.92. The predicted molar refractivity (Wildman–Crippen MR) is 102 cm³/mol. The van der Waals surface area contributed by atoms with Crippen LogP contribution in [0.5, 0.6) is 0 Å². The molecule has 25 heavy (non-hydrogen) atoms. The van der Waals surface area contributed by atoms with Crippen LogP contribution in [0.1, 0.15) is 45.6 Å². The number of nitriles is 1. The summed E-state index contributed by atoms with van der Waals surface area (Å²) in [6.07, 6.45) is 5.45. The van der Waals surface area contributed by atoms with Crippen LogP contribution in [0.25, 0.3) is 10.8 Å². The second-order valence-electron chi connectivity index (χ2n) is 6.36. The largest absolute Gasteiger partial charge is 0.312 e. The van der Waals surface area contributed by atoms with E-state index in [9.17, 15) is 10.1 Å². The highest BCUT2D eigenvalue weighted by atomic mass is 32.1. The summed E-state index contributed by atoms with van der Waals surface area (Å²) in [7, 11) is 0. The molecular weight excluding hydrogens is 328 g/mol. The zero-order valence-corrected chi connectivity index (χ0v) is 14.7. The fraction of sp³-hybridized carbons (Fsp3) is 0.238. The minimum absolute atomic E-state index is 0.148. The molecule has 1 aromatic heterocycles. The highest BCUT2D eigenvalue weighted by Gasteiger charge is 2.21. The molecule has 124 valence electrons. The van der Waals surface area contributed by atoms with Gasteiger partial charge in [0.2, 0.25) is 0 Å². The van der Waals surface area contributed by atoms with E-state index in [1.807, 2.05) is 42.5 Å². The van der Waals surface area contributed by atoms with Gasteiger partial charge in [0.05, 0.1) is 5.56 Å². The number of anilines is 1. The minimum atomic E-state index is -0.148. The van der Waals surface area contributed by atoms with Crippen molar-refractivity contribution in [2.45, 2.75) is 32.1 Å². The van der Waals surface area contributed by atoms with Gasteiger partial charge in [0.15, 0.2) is 0 Å². The van der Waals surface area contributed by atoms with Crippen molar-refractivity contribution >= 4 is 33.0 Å². The third-order valence-electron chi connectivity index (χ3n) is 4.79. The molecule has 0 atom stereocenters. The van der Waals surface area contributed by atoms with Gasteiger partial charge in [0.1, 0.15) is 11.1 Å². The summed E-state index contributed by atoms with van der Waals surface area (Å²) in [4.78, 5) is 14.1. The number of aryl methyl sites for hydroxylation is 1. The van der Waals surface area contributed by atoms with E-state index in [4.69, 9.17) is 0 Å². The van der Waals surface area contributed by atoms with Gasteiger partial charge in [-0.2, -0.15) is 5.26 Å². The van der Waals surface area contributed by atoms with Crippen LogP contribution in [0.15, 0.2) is 42.5 Å². The van der Waals surface area contributed by atoms with Gasteiger partial charge in [-0.05, 0) is 48.1 Å². The monoisotopic (exact) mass is 346 g/mol. The topological polar surface area (TPSA) is 52.9 Å². The van der Waals surface area contributed by atoms with Gasteiger partial charge in [-0.15, -0.1) is 11.3 Å². The first kappa shape index (κ1) is 15.9. The molecule has 1 heterocycles. The lowest BCUT2D eigenvalue weighted by Crippen LogP contribution is -2.12. The zero-order chi connectivity index (χ0) is 17.2. The maximum atomic E-state index is 12.9. The average Bonchev–Trinajstić information content (AvgIpc) is 2.80. The number of rotatable bonds is 2. The Labute approximate surface area is 150 Å². The van der Waals surface area contributed by atoms with E-state index >= 15 is 0 Å². The molecule has 4 rings (SSSR count). The van der Waals surface area contributed by atoms with E-state index in [0.29, 0.717) is 16.1 Å². The first-order valence-electron chi connectivity index (χ1n) is 8.61. The quantitative estimate of drug-likeness (QED) is 0.641. The normalized spacial score (nSPS) is 13.7. The smallest absolute Gasteiger partial charge is 0.256 e. The van der Waals surface area contributed by atoms with Crippen LogP contribution in [-0.4, -0.2) is 5.91 Å². The minimum Gasteiger partial charge on any atom is -0.312 e. The number of carbonyl (C=O) groups excluding carboxylic acids is 1. The van der Waals surface area contributed by atoms with Crippen LogP contribution < -0.4 is 5.32 Å². The Morgan fingerprint density at radius 2 is 1.84 bits per heavy atom. The van der Waals surface area contributed by atoms with E-state index < -0.39 is 0 Å². The van der Waals surface area contributed by atoms with Gasteiger partial charge >= 0.3 is 0 Å². The fourth-order valence-corrected chi connectivity index (χ4v) is 4.78. The Balaban J connectivity index is 1.71. The van der Waals surface area contributed by atoms with Gasteiger partial charge in [-0.25, -0.2) is 0 Å². The average molecular weight is 346 g/mol. The molecule has 0 saturated heterocycles. The summed E-state index contributed by atoms with van der Waals surface area (Å²) >= 11 is 1.57. The predicted octanol–water partition coefficient (Wildman–Crippen LogP) is 5.29. The Morgan fingerprint density at radius 3 is 2.72 bits per heavy atom. The molecule has 1 amide bonds. The van der Waals surface area contributed by atoms with Crippen LogP contribution in [-0.2, 0) is 12.8 Å². The molecule has 0 radical (unpaired) electrons. The molecule has 1 N–H and O–H groups in total. The fourth-order valence-electron chi connectivity index (χ4n) is 3.54. The van der Waals surface area contributed by atoms with E-state index in [2.05, 4.69) is 11.4 Å². The first-order chi connectivity index (χ1) is 12.3. The van der Waals surface area contributed by atoms with Crippen molar-refractivity contribution in [3.63, 3.8) is 0 Å². The van der Waals surface area contributed by atoms with Crippen molar-refractivity contribution in [2.75, 3.05) is 5.32 Å². The molecule has 0 aliphatic heterocycles. The molecule has 3 nitrogen and oxygen atoms in total. The Morgan fingerprint density at radius 1 is 1.04 bits per heavy atom. The van der Waals surface area contributed by atoms with Gasteiger partial charge < -0.3 is 5.32 Å². The van der Waals surface area contributed by atoms with Gasteiger partial charge in [-0.1, -0.05) is 42.8 Å². The van der Waals surface area contributed by atoms with Gasteiger partial charge in [0.25, 0.3) is 5.91 Å². The standard InChI is InChI=1S/C21H18N2OS/c22-13-18-16-10-2-1-3-12-19(16)25-21(18)23-20(24)17-11-6-8-14-7-4-5-9-15(14)17/h4-9,11H,1-3,10,12H2,(H,23,24). The molecular formula is C21H18N2OS. The Hall–Kier alpha value is -2.64. The summed E-state index contributed by atoms with van der Waals surface area (Å²) in [6.45, 7) is 0. The van der Waals surface area contributed by atoms with E-state index in [1.54, 1.807) is 11.3 Å². The Kier molecular flexibility index (Phi) is 4.25. The number of fused-ring (bicyclic) bond motifs is 2. The highest BCUT2D eigenvalue weighted by Crippen LogP contribution is 2.37. The van der Waals surface area contributed by atoms with Crippen molar-refractivity contribution < 1.29 is 4.79 Å². The molecule has 3 aromatic rings. The molecule has 0 fully saturated rings. The molecule has 0 bridgehead atoms. The number of benzene rings is 2. The van der Waals surface area contributed by atoms with Crippen LogP contribution in [0.4, 0.5) is 5.00 Å². The molecule has 1 aliphatic carbocycles. The lowest BCUT2D eigenvalue weighted by molar-refractivity contribution is 0.102. The highest BCUT2D eigenvalue weighted by molar-refractivity contribution is 7.16. The number of nitrogens with one attached hydrogen (secondary N) is 1. The van der Waals surface area contributed by atoms with E-state index in [0.717, 1.165) is 42.0 Å². The number of hydrogen-bond donors (Lipinski definition) is 1. The number of carbonyl (C=O) groups is 1. The molecule has 0 unspecified atom stereocenters. The van der Waals surface area contributed by atoms with Crippen molar-refractivity contribution in [2.24, 2.45) is 0 Å². The van der Waals surface area contributed by atoms with Crippen LogP contribution in [0.2, 0.25) is 0 Å². The number of nitrogens with zero attached hydrogens (tertiary/aromatic N) is 1. The van der Waals surface area contributed by atoms with Crippen molar-refractivity contribution in [3.8, 4) is 6.07 Å². The zero-order valence-electron chi connectivity index (χ0n) is 13.8. The maximum absolute atomic E-state index is 12.9. The molecule has 0 saturated carbocycles. The summed E-state index contributed by atoms with van der Waals surface area (Å²) in [5.41, 5.74) is 2.46. The van der Waals surface area contributed by atoms with Crippen molar-refractivity contribution in [1.29, 1.82) is 5.26 Å². The summed E-state index contributed by atoms with van der Waals surface area (Å²) in [5.74, 6) is -0.148. The van der Waals surface area contributed by atoms with Gasteiger partial charge in [-0.3, -0.25) is 4.79 Å². The molecule has 1 aliphatic rings. The lowest BCUT2D eigenvalue weighted by atomic mass is 10.0. The SMILES string of the molecule is N#Cc1c(NC(=O)c2cccc3ccccc23)sc2c1CCCCC2. The Bertz CT molecular complexity index is 992. The second kappa shape index (κ2) is 6.70. The lowest BCUT2D eigenvalue weighted by Gasteiger charge is -2.07. The van der Waals surface area contributed by atoms with Crippen molar-refractivity contribution in [3.05, 3.63) is 64.0 Å². The third-order valence-corrected chi connectivity index (χ3v) is 6.00. The van der Waals surface area contributed by atoms with E-state index in [1.165, 1.54) is 11.3 Å². The maximum Gasteiger partial charge on any atom is 0.256 e. The molecule has 2 aromatic carbocycles. The van der Waals surface area contributed by atoms with Crippen LogP contribution >= 0.6 is 11.3 Å². The van der Waals surface area contributed by atoms with Crippen LogP contribution in [0.3, 0.4) is 0 Å². The number of hydrogen-bond acceptors (Lipinski definition) is 3. The number of amides is 1. The molecule has 4 heteroatoms. The first-order valence-corrected chi connectivity index (χ1v) is 9.43. The molecule has 0 spiro atoms. The number of thiophene rings is 1. The summed E-state index contributed by atoms with van der Waals surface area (Å²) < 4.78 is 0. The summed E-state index contributed by atoms with van der Waals surface area (Å²) in [5, 5.41) is 15.3. The van der Waals surface area contributed by atoms with Gasteiger partial charge in [0, 0.05) is 10.4 Å².